The van der Waals surface area contributed by atoms with Crippen LogP contribution in [0.15, 0.2) is 59.0 Å². The second kappa shape index (κ2) is 8.26. The molecule has 0 aliphatic rings. The Kier molecular flexibility index (Phi) is 5.82. The minimum atomic E-state index is -0.253. The van der Waals surface area contributed by atoms with Crippen molar-refractivity contribution in [2.45, 2.75) is 26.2 Å². The van der Waals surface area contributed by atoms with Crippen molar-refractivity contribution in [1.29, 1.82) is 0 Å². The lowest BCUT2D eigenvalue weighted by Gasteiger charge is -2.07. The molecule has 4 heteroatoms. The molecular weight excluding hydrogens is 335 g/mol. The van der Waals surface area contributed by atoms with E-state index in [1.165, 1.54) is 17.7 Å². The molecule has 1 heterocycles. The second-order valence-corrected chi connectivity index (χ2v) is 7.05. The van der Waals surface area contributed by atoms with Crippen molar-refractivity contribution in [3.63, 3.8) is 0 Å². The molecule has 2 aromatic carbocycles. The van der Waals surface area contributed by atoms with Gasteiger partial charge in [0.05, 0.1) is 0 Å². The zero-order valence-corrected chi connectivity index (χ0v) is 15.2. The summed E-state index contributed by atoms with van der Waals surface area (Å²) in [6, 6.07) is 16.4. The van der Waals surface area contributed by atoms with Gasteiger partial charge >= 0.3 is 0 Å². The number of thioether (sulfide) groups is 1. The van der Waals surface area contributed by atoms with Gasteiger partial charge < -0.3 is 9.15 Å². The third-order valence-electron chi connectivity index (χ3n) is 3.91. The fourth-order valence-electron chi connectivity index (χ4n) is 2.53. The van der Waals surface area contributed by atoms with Gasteiger partial charge in [0.25, 0.3) is 0 Å². The monoisotopic (exact) mass is 356 g/mol. The van der Waals surface area contributed by atoms with Crippen LogP contribution in [0.5, 0.6) is 5.75 Å². The summed E-state index contributed by atoms with van der Waals surface area (Å²) in [5.74, 6) is 4.24. The Morgan fingerprint density at radius 2 is 1.88 bits per heavy atom. The highest BCUT2D eigenvalue weighted by atomic mass is 32.2. The predicted molar refractivity (Wildman–Crippen MR) is 101 cm³/mol. The Morgan fingerprint density at radius 3 is 2.64 bits per heavy atom. The number of benzene rings is 2. The van der Waals surface area contributed by atoms with E-state index in [1.54, 1.807) is 12.1 Å². The molecule has 1 aromatic heterocycles. The van der Waals surface area contributed by atoms with Crippen LogP contribution >= 0.6 is 11.8 Å². The molecule has 2 nitrogen and oxygen atoms in total. The van der Waals surface area contributed by atoms with Gasteiger partial charge in [0.1, 0.15) is 29.7 Å². The largest absolute Gasteiger partial charge is 0.489 e. The SMILES string of the molecule is CCSCc1cccc(OCc2cc(-c3ccc(F)cc3)oc2C)c1. The van der Waals surface area contributed by atoms with Crippen molar-refractivity contribution in [3.05, 3.63) is 77.3 Å². The van der Waals surface area contributed by atoms with E-state index in [2.05, 4.69) is 19.1 Å². The zero-order valence-electron chi connectivity index (χ0n) is 14.4. The van der Waals surface area contributed by atoms with Crippen molar-refractivity contribution in [1.82, 2.24) is 0 Å². The van der Waals surface area contributed by atoms with Gasteiger partial charge in [0, 0.05) is 16.9 Å². The number of furan rings is 1. The van der Waals surface area contributed by atoms with Crippen LogP contribution in [0.2, 0.25) is 0 Å². The van der Waals surface area contributed by atoms with Crippen molar-refractivity contribution in [3.8, 4) is 17.1 Å². The average Bonchev–Trinajstić information content (AvgIpc) is 3.00. The Bertz CT molecular complexity index is 824. The summed E-state index contributed by atoms with van der Waals surface area (Å²) in [7, 11) is 0. The van der Waals surface area contributed by atoms with Crippen LogP contribution in [0, 0.1) is 12.7 Å². The van der Waals surface area contributed by atoms with E-state index in [9.17, 15) is 4.39 Å². The van der Waals surface area contributed by atoms with Crippen molar-refractivity contribution in [2.75, 3.05) is 5.75 Å². The molecule has 0 aliphatic heterocycles. The topological polar surface area (TPSA) is 22.4 Å². The van der Waals surface area contributed by atoms with Crippen LogP contribution in [0.25, 0.3) is 11.3 Å². The standard InChI is InChI=1S/C21H21FO2S/c1-3-25-14-16-5-4-6-20(11-16)23-13-18-12-21(24-15(18)2)17-7-9-19(22)10-8-17/h4-12H,3,13-14H2,1-2H3. The second-order valence-electron chi connectivity index (χ2n) is 5.77. The van der Waals surface area contributed by atoms with E-state index < -0.39 is 0 Å². The molecule has 0 saturated carbocycles. The molecule has 0 unspecified atom stereocenters. The van der Waals surface area contributed by atoms with Crippen LogP contribution in [0.4, 0.5) is 4.39 Å². The number of rotatable bonds is 7. The summed E-state index contributed by atoms with van der Waals surface area (Å²) in [6.45, 7) is 4.52. The van der Waals surface area contributed by atoms with Gasteiger partial charge in [0.15, 0.2) is 0 Å². The Labute approximate surface area is 152 Å². The first-order valence-corrected chi connectivity index (χ1v) is 9.46. The van der Waals surface area contributed by atoms with Crippen LogP contribution in [0.3, 0.4) is 0 Å². The predicted octanol–water partition coefficient (Wildman–Crippen LogP) is 6.23. The summed E-state index contributed by atoms with van der Waals surface area (Å²) >= 11 is 1.89. The Hall–Kier alpha value is -2.20. The fourth-order valence-corrected chi connectivity index (χ4v) is 3.14. The lowest BCUT2D eigenvalue weighted by Crippen LogP contribution is -1.96. The van der Waals surface area contributed by atoms with Gasteiger partial charge in [-0.3, -0.25) is 0 Å². The van der Waals surface area contributed by atoms with Crippen molar-refractivity contribution < 1.29 is 13.5 Å². The molecule has 0 amide bonds. The van der Waals surface area contributed by atoms with E-state index in [-0.39, 0.29) is 5.82 Å². The molecule has 130 valence electrons. The van der Waals surface area contributed by atoms with Gasteiger partial charge in [-0.25, -0.2) is 4.39 Å². The molecule has 3 aromatic rings. The molecule has 0 saturated heterocycles. The zero-order chi connectivity index (χ0) is 17.6. The smallest absolute Gasteiger partial charge is 0.134 e. The van der Waals surface area contributed by atoms with Gasteiger partial charge in [-0.1, -0.05) is 19.1 Å². The van der Waals surface area contributed by atoms with Gasteiger partial charge in [-0.15, -0.1) is 0 Å². The average molecular weight is 356 g/mol. The maximum atomic E-state index is 13.1. The number of aryl methyl sites for hydroxylation is 1. The molecule has 25 heavy (non-hydrogen) atoms. The third kappa shape index (κ3) is 4.67. The molecule has 0 spiro atoms. The van der Waals surface area contributed by atoms with Crippen LogP contribution < -0.4 is 4.74 Å². The highest BCUT2D eigenvalue weighted by Crippen LogP contribution is 2.27. The summed E-state index contributed by atoms with van der Waals surface area (Å²) in [5.41, 5.74) is 3.11. The molecule has 0 atom stereocenters. The molecule has 0 fully saturated rings. The first kappa shape index (κ1) is 17.6. The quantitative estimate of drug-likeness (QED) is 0.501. The Morgan fingerprint density at radius 1 is 1.08 bits per heavy atom. The summed E-state index contributed by atoms with van der Waals surface area (Å²) in [6.07, 6.45) is 0. The summed E-state index contributed by atoms with van der Waals surface area (Å²) < 4.78 is 24.8. The minimum absolute atomic E-state index is 0.253. The maximum absolute atomic E-state index is 13.1. The fraction of sp³-hybridized carbons (Fsp3) is 0.238. The summed E-state index contributed by atoms with van der Waals surface area (Å²) in [4.78, 5) is 0. The minimum Gasteiger partial charge on any atom is -0.489 e. The van der Waals surface area contributed by atoms with E-state index in [1.807, 2.05) is 36.9 Å². The first-order valence-electron chi connectivity index (χ1n) is 8.30. The van der Waals surface area contributed by atoms with Gasteiger partial charge in [-0.2, -0.15) is 11.8 Å². The molecular formula is C21H21FO2S. The van der Waals surface area contributed by atoms with Gasteiger partial charge in [0.2, 0.25) is 0 Å². The maximum Gasteiger partial charge on any atom is 0.134 e. The molecule has 3 rings (SSSR count). The number of hydrogen-bond donors (Lipinski definition) is 0. The van der Waals surface area contributed by atoms with Gasteiger partial charge in [-0.05, 0) is 60.7 Å². The normalized spacial score (nSPS) is 10.8. The molecule has 0 N–H and O–H groups in total. The van der Waals surface area contributed by atoms with E-state index >= 15 is 0 Å². The highest BCUT2D eigenvalue weighted by molar-refractivity contribution is 7.98. The number of hydrogen-bond acceptors (Lipinski definition) is 3. The molecule has 0 bridgehead atoms. The van der Waals surface area contributed by atoms with Crippen molar-refractivity contribution >= 4 is 11.8 Å². The molecule has 0 radical (unpaired) electrons. The van der Waals surface area contributed by atoms with E-state index in [0.29, 0.717) is 6.61 Å². The van der Waals surface area contributed by atoms with Crippen molar-refractivity contribution in [2.24, 2.45) is 0 Å². The van der Waals surface area contributed by atoms with E-state index in [0.717, 1.165) is 39.9 Å². The van der Waals surface area contributed by atoms with Crippen LogP contribution in [-0.2, 0) is 12.4 Å². The van der Waals surface area contributed by atoms with Crippen LogP contribution in [-0.4, -0.2) is 5.75 Å². The van der Waals surface area contributed by atoms with Crippen LogP contribution in [0.1, 0.15) is 23.8 Å². The lowest BCUT2D eigenvalue weighted by molar-refractivity contribution is 0.303. The highest BCUT2D eigenvalue weighted by Gasteiger charge is 2.10. The first-order chi connectivity index (χ1) is 12.2. The third-order valence-corrected chi connectivity index (χ3v) is 4.86. The summed E-state index contributed by atoms with van der Waals surface area (Å²) in [5, 5.41) is 0. The molecule has 0 aliphatic carbocycles. The number of ether oxygens (including phenoxy) is 1. The number of halogens is 1. The Balaban J connectivity index is 1.68. The lowest BCUT2D eigenvalue weighted by atomic mass is 10.1. The van der Waals surface area contributed by atoms with E-state index in [4.69, 9.17) is 9.15 Å².